The molecule has 2 aromatic carbocycles. The zero-order chi connectivity index (χ0) is 22.3. The van der Waals surface area contributed by atoms with Crippen LogP contribution in [0.1, 0.15) is 19.4 Å². The fraction of sp³-hybridized carbons (Fsp3) is 0.381. The van der Waals surface area contributed by atoms with Crippen LogP contribution < -0.4 is 14.6 Å². The molecule has 0 spiro atoms. The number of sulfonamides is 1. The molecular weight excluding hydrogens is 504 g/mol. The molecule has 1 atom stereocenters. The van der Waals surface area contributed by atoms with Crippen LogP contribution in [-0.2, 0) is 21.2 Å². The molecule has 2 aliphatic heterocycles. The Hall–Kier alpha value is -1.65. The maximum absolute atomic E-state index is 13.3. The van der Waals surface area contributed by atoms with E-state index in [1.54, 1.807) is 16.0 Å². The van der Waals surface area contributed by atoms with E-state index in [0.29, 0.717) is 47.8 Å². The molecule has 0 bridgehead atoms. The number of fused-ring (bicyclic) bond motifs is 1. The lowest BCUT2D eigenvalue weighted by atomic mass is 10.1. The number of hydrogen-bond acceptors (Lipinski definition) is 5. The van der Waals surface area contributed by atoms with Gasteiger partial charge in [-0.1, -0.05) is 27.5 Å². The number of rotatable bonds is 4. The highest BCUT2D eigenvalue weighted by molar-refractivity contribution is 9.10. The number of nitrogens with zero attached hydrogens (tertiary/aromatic N) is 3. The molecule has 10 heteroatoms. The monoisotopic (exact) mass is 526 g/mol. The topological polar surface area (TPSA) is 73.0 Å². The first kappa shape index (κ1) is 22.5. The minimum absolute atomic E-state index is 0.0846. The molecular formula is C21H24BrClN4O3S. The van der Waals surface area contributed by atoms with Crippen molar-refractivity contribution in [2.75, 3.05) is 36.0 Å². The van der Waals surface area contributed by atoms with Crippen molar-refractivity contribution < 1.29 is 13.2 Å². The summed E-state index contributed by atoms with van der Waals surface area (Å²) in [7, 11) is -3.87. The van der Waals surface area contributed by atoms with Crippen molar-refractivity contribution in [2.45, 2.75) is 31.2 Å². The number of carbonyl (C=O) groups excluding carboxylic acids is 1. The van der Waals surface area contributed by atoms with Crippen LogP contribution in [0.15, 0.2) is 45.8 Å². The third-order valence-corrected chi connectivity index (χ3v) is 7.76. The van der Waals surface area contributed by atoms with Gasteiger partial charge >= 0.3 is 0 Å². The summed E-state index contributed by atoms with van der Waals surface area (Å²) in [6, 6.07) is 11.0. The highest BCUT2D eigenvalue weighted by Gasteiger charge is 2.36. The van der Waals surface area contributed by atoms with Crippen LogP contribution in [0.2, 0.25) is 5.02 Å². The van der Waals surface area contributed by atoms with Crippen molar-refractivity contribution in [3.63, 3.8) is 0 Å². The molecule has 4 rings (SSSR count). The molecule has 0 aromatic heterocycles. The van der Waals surface area contributed by atoms with E-state index in [-0.39, 0.29) is 16.8 Å². The van der Waals surface area contributed by atoms with Gasteiger partial charge in [0.25, 0.3) is 10.0 Å². The largest absolute Gasteiger partial charge is 0.369 e. The summed E-state index contributed by atoms with van der Waals surface area (Å²) < 4.78 is 27.4. The Morgan fingerprint density at radius 1 is 1.13 bits per heavy atom. The minimum Gasteiger partial charge on any atom is -0.369 e. The SMILES string of the molecule is CC(=O)N1c2c(cc(Br)cc2S(=O)(=O)NN2CCN(c3ccc(Cl)cc3)CC2)C[C@@H]1C. The number of anilines is 2. The second-order valence-electron chi connectivity index (χ2n) is 7.90. The van der Waals surface area contributed by atoms with E-state index >= 15 is 0 Å². The molecule has 1 fully saturated rings. The fourth-order valence-corrected chi connectivity index (χ4v) is 6.46. The van der Waals surface area contributed by atoms with E-state index in [9.17, 15) is 13.2 Å². The van der Waals surface area contributed by atoms with Gasteiger partial charge in [0.1, 0.15) is 4.90 Å². The van der Waals surface area contributed by atoms with Gasteiger partial charge in [-0.25, -0.2) is 13.4 Å². The van der Waals surface area contributed by atoms with Crippen molar-refractivity contribution in [2.24, 2.45) is 0 Å². The molecule has 31 heavy (non-hydrogen) atoms. The van der Waals surface area contributed by atoms with Gasteiger partial charge < -0.3 is 9.80 Å². The average Bonchev–Trinajstić information content (AvgIpc) is 3.03. The molecule has 0 saturated carbocycles. The van der Waals surface area contributed by atoms with Crippen LogP contribution >= 0.6 is 27.5 Å². The van der Waals surface area contributed by atoms with E-state index < -0.39 is 10.0 Å². The normalized spacial score (nSPS) is 19.5. The van der Waals surface area contributed by atoms with E-state index in [1.165, 1.54) is 6.92 Å². The molecule has 1 N–H and O–H groups in total. The summed E-state index contributed by atoms with van der Waals surface area (Å²) in [6.07, 6.45) is 0.622. The Kier molecular flexibility index (Phi) is 6.33. The molecule has 166 valence electrons. The van der Waals surface area contributed by atoms with Gasteiger partial charge in [-0.2, -0.15) is 0 Å². The molecule has 1 saturated heterocycles. The van der Waals surface area contributed by atoms with Gasteiger partial charge in [0.15, 0.2) is 0 Å². The van der Waals surface area contributed by atoms with Crippen molar-refractivity contribution in [3.05, 3.63) is 51.5 Å². The number of amides is 1. The van der Waals surface area contributed by atoms with Crippen molar-refractivity contribution in [3.8, 4) is 0 Å². The van der Waals surface area contributed by atoms with Crippen LogP contribution in [0.25, 0.3) is 0 Å². The summed E-state index contributed by atoms with van der Waals surface area (Å²) in [5.41, 5.74) is 2.39. The van der Waals surface area contributed by atoms with E-state index in [1.807, 2.05) is 37.3 Å². The van der Waals surface area contributed by atoms with E-state index in [2.05, 4.69) is 25.7 Å². The minimum atomic E-state index is -3.87. The molecule has 0 unspecified atom stereocenters. The number of hydrazine groups is 1. The third kappa shape index (κ3) is 4.61. The van der Waals surface area contributed by atoms with Crippen LogP contribution in [0.5, 0.6) is 0 Å². The van der Waals surface area contributed by atoms with Gasteiger partial charge in [0.2, 0.25) is 5.91 Å². The van der Waals surface area contributed by atoms with Gasteiger partial charge in [-0.15, -0.1) is 4.83 Å². The Bertz CT molecular complexity index is 1100. The third-order valence-electron chi connectivity index (χ3n) is 5.67. The smallest absolute Gasteiger partial charge is 0.255 e. The average molecular weight is 528 g/mol. The summed E-state index contributed by atoms with van der Waals surface area (Å²) in [6.45, 7) is 5.81. The first-order valence-corrected chi connectivity index (χ1v) is 12.7. The molecule has 2 aromatic rings. The Morgan fingerprint density at radius 3 is 2.39 bits per heavy atom. The van der Waals surface area contributed by atoms with E-state index in [4.69, 9.17) is 11.6 Å². The van der Waals surface area contributed by atoms with Gasteiger partial charge in [0, 0.05) is 54.3 Å². The summed E-state index contributed by atoms with van der Waals surface area (Å²) >= 11 is 9.39. The predicted octanol–water partition coefficient (Wildman–Crippen LogP) is 3.42. The van der Waals surface area contributed by atoms with Gasteiger partial charge in [-0.3, -0.25) is 4.79 Å². The van der Waals surface area contributed by atoms with Crippen molar-refractivity contribution in [1.82, 2.24) is 9.84 Å². The van der Waals surface area contributed by atoms with Gasteiger partial charge in [-0.05, 0) is 55.3 Å². The fourth-order valence-electron chi connectivity index (χ4n) is 4.29. The van der Waals surface area contributed by atoms with Crippen LogP contribution in [0.4, 0.5) is 11.4 Å². The molecule has 2 heterocycles. The standard InChI is InChI=1S/C21H24BrClN4O3S/c1-14-11-16-12-17(22)13-20(21(16)27(14)15(2)28)31(29,30)24-26-9-7-25(8-10-26)19-5-3-18(23)4-6-19/h3-6,12-14,24H,7-11H2,1-2H3/t14-/m0/s1. The van der Waals surface area contributed by atoms with Gasteiger partial charge in [0.05, 0.1) is 5.69 Å². The zero-order valence-electron chi connectivity index (χ0n) is 17.3. The maximum atomic E-state index is 13.3. The number of benzene rings is 2. The number of nitrogens with one attached hydrogen (secondary N) is 1. The van der Waals surface area contributed by atoms with Crippen molar-refractivity contribution in [1.29, 1.82) is 0 Å². The quantitative estimate of drug-likeness (QED) is 0.660. The van der Waals surface area contributed by atoms with Crippen LogP contribution in [0, 0.1) is 0 Å². The highest BCUT2D eigenvalue weighted by Crippen LogP contribution is 2.40. The Labute approximate surface area is 196 Å². The Balaban J connectivity index is 1.53. The van der Waals surface area contributed by atoms with E-state index in [0.717, 1.165) is 11.3 Å². The van der Waals surface area contributed by atoms with Crippen molar-refractivity contribution >= 4 is 54.8 Å². The molecule has 0 radical (unpaired) electrons. The van der Waals surface area contributed by atoms with Crippen LogP contribution in [0.3, 0.4) is 0 Å². The summed E-state index contributed by atoms with van der Waals surface area (Å²) in [5.74, 6) is -0.165. The Morgan fingerprint density at radius 2 is 1.77 bits per heavy atom. The zero-order valence-corrected chi connectivity index (χ0v) is 20.5. The molecule has 2 aliphatic rings. The van der Waals surface area contributed by atoms with Crippen LogP contribution in [-0.4, -0.2) is 51.6 Å². The number of piperazine rings is 1. The first-order chi connectivity index (χ1) is 14.7. The first-order valence-electron chi connectivity index (χ1n) is 10.1. The predicted molar refractivity (Wildman–Crippen MR) is 126 cm³/mol. The summed E-state index contributed by atoms with van der Waals surface area (Å²) in [5, 5.41) is 2.40. The molecule has 0 aliphatic carbocycles. The molecule has 1 amide bonds. The second-order valence-corrected chi connectivity index (χ2v) is 10.9. The lowest BCUT2D eigenvalue weighted by Gasteiger charge is -2.36. The highest BCUT2D eigenvalue weighted by atomic mass is 79.9. The summed E-state index contributed by atoms with van der Waals surface area (Å²) in [4.78, 5) is 18.9. The number of hydrogen-bond donors (Lipinski definition) is 1. The number of halogens is 2. The lowest BCUT2D eigenvalue weighted by molar-refractivity contribution is -0.116. The second kappa shape index (κ2) is 8.71. The molecule has 7 nitrogen and oxygen atoms in total. The number of carbonyl (C=O) groups is 1. The lowest BCUT2D eigenvalue weighted by Crippen LogP contribution is -2.53. The maximum Gasteiger partial charge on any atom is 0.255 e.